The number of thiocarbonyl (C=S) groups is 1. The molecule has 0 aliphatic carbocycles. The van der Waals surface area contributed by atoms with Gasteiger partial charge in [-0.05, 0) is 18.2 Å². The molecule has 0 bridgehead atoms. The van der Waals surface area contributed by atoms with E-state index in [0.29, 0.717) is 22.1 Å². The van der Waals surface area contributed by atoms with E-state index in [2.05, 4.69) is 10.1 Å². The van der Waals surface area contributed by atoms with Crippen molar-refractivity contribution in [2.45, 2.75) is 6.42 Å². The Morgan fingerprint density at radius 2 is 2.29 bits per heavy atom. The fourth-order valence-corrected chi connectivity index (χ4v) is 1.59. The second-order valence-corrected chi connectivity index (χ2v) is 4.16. The molecular weight excluding hydrogens is 260 g/mol. The number of hydrogen-bond donors (Lipinski definition) is 2. The van der Waals surface area contributed by atoms with Crippen LogP contribution in [0.5, 0.6) is 0 Å². The van der Waals surface area contributed by atoms with Crippen LogP contribution in [-0.4, -0.2) is 24.6 Å². The van der Waals surface area contributed by atoms with Gasteiger partial charge in [0.05, 0.1) is 24.2 Å². The molecule has 6 heteroatoms. The summed E-state index contributed by atoms with van der Waals surface area (Å²) in [7, 11) is 1.35. The van der Waals surface area contributed by atoms with Gasteiger partial charge in [-0.2, -0.15) is 0 Å². The Morgan fingerprint density at radius 3 is 2.82 bits per heavy atom. The molecule has 4 nitrogen and oxygen atoms in total. The van der Waals surface area contributed by atoms with Crippen molar-refractivity contribution in [1.82, 2.24) is 0 Å². The number of anilines is 1. The molecule has 0 saturated heterocycles. The first-order valence-corrected chi connectivity index (χ1v) is 5.73. The van der Waals surface area contributed by atoms with Crippen molar-refractivity contribution in [2.24, 2.45) is 5.73 Å². The van der Waals surface area contributed by atoms with E-state index in [1.807, 2.05) is 0 Å². The van der Waals surface area contributed by atoms with Gasteiger partial charge in [0.15, 0.2) is 0 Å². The summed E-state index contributed by atoms with van der Waals surface area (Å²) in [4.78, 5) is 11.2. The Hall–Kier alpha value is -1.33. The predicted molar refractivity (Wildman–Crippen MR) is 72.5 cm³/mol. The van der Waals surface area contributed by atoms with E-state index >= 15 is 0 Å². The first-order chi connectivity index (χ1) is 8.04. The zero-order chi connectivity index (χ0) is 12.8. The quantitative estimate of drug-likeness (QED) is 0.634. The van der Waals surface area contributed by atoms with Crippen molar-refractivity contribution < 1.29 is 9.53 Å². The molecule has 0 unspecified atom stereocenters. The van der Waals surface area contributed by atoms with Crippen LogP contribution in [0.25, 0.3) is 0 Å². The Bertz CT molecular complexity index is 437. The number of rotatable bonds is 5. The number of carbonyl (C=O) groups excluding carboxylic acids is 1. The van der Waals surface area contributed by atoms with E-state index in [1.54, 1.807) is 18.2 Å². The van der Waals surface area contributed by atoms with Gasteiger partial charge in [-0.15, -0.1) is 0 Å². The molecule has 0 atom stereocenters. The van der Waals surface area contributed by atoms with Crippen molar-refractivity contribution in [2.75, 3.05) is 19.0 Å². The smallest absolute Gasteiger partial charge is 0.307 e. The Balaban J connectivity index is 2.60. The van der Waals surface area contributed by atoms with E-state index in [9.17, 15) is 4.79 Å². The van der Waals surface area contributed by atoms with Gasteiger partial charge < -0.3 is 15.8 Å². The molecule has 1 aromatic carbocycles. The minimum atomic E-state index is -0.270. The van der Waals surface area contributed by atoms with Gasteiger partial charge in [0, 0.05) is 12.1 Å². The first kappa shape index (κ1) is 13.7. The molecule has 1 aromatic rings. The van der Waals surface area contributed by atoms with Crippen LogP contribution in [0.2, 0.25) is 5.02 Å². The van der Waals surface area contributed by atoms with E-state index in [0.717, 1.165) is 5.69 Å². The maximum Gasteiger partial charge on any atom is 0.307 e. The topological polar surface area (TPSA) is 64.3 Å². The van der Waals surface area contributed by atoms with Crippen LogP contribution >= 0.6 is 23.8 Å². The van der Waals surface area contributed by atoms with E-state index in [1.165, 1.54) is 7.11 Å². The normalized spacial score (nSPS) is 9.76. The molecule has 0 spiro atoms. The van der Waals surface area contributed by atoms with Crippen LogP contribution in [0.3, 0.4) is 0 Å². The number of carbonyl (C=O) groups is 1. The predicted octanol–water partition coefficient (Wildman–Crippen LogP) is 1.95. The third-order valence-electron chi connectivity index (χ3n) is 2.13. The number of benzene rings is 1. The lowest BCUT2D eigenvalue weighted by atomic mass is 10.2. The maximum absolute atomic E-state index is 10.9. The second-order valence-electron chi connectivity index (χ2n) is 3.31. The number of methoxy groups -OCH3 is 1. The number of nitrogens with two attached hydrogens (primary N) is 1. The molecule has 92 valence electrons. The Morgan fingerprint density at radius 1 is 1.59 bits per heavy atom. The highest BCUT2D eigenvalue weighted by atomic mass is 35.5. The number of hydrogen-bond acceptors (Lipinski definition) is 4. The van der Waals surface area contributed by atoms with Gasteiger partial charge >= 0.3 is 5.97 Å². The van der Waals surface area contributed by atoms with E-state index in [4.69, 9.17) is 29.6 Å². The maximum atomic E-state index is 10.9. The van der Waals surface area contributed by atoms with Crippen LogP contribution in [0.15, 0.2) is 18.2 Å². The van der Waals surface area contributed by atoms with Crippen LogP contribution < -0.4 is 11.1 Å². The standard InChI is InChI=1S/C11H13ClN2O2S/c1-16-10(15)4-5-14-9-3-2-7(11(13)17)6-8(9)12/h2-3,6,14H,4-5H2,1H3,(H2,13,17). The van der Waals surface area contributed by atoms with Crippen molar-refractivity contribution in [3.8, 4) is 0 Å². The minimum absolute atomic E-state index is 0.270. The lowest BCUT2D eigenvalue weighted by Crippen LogP contribution is -2.11. The fourth-order valence-electron chi connectivity index (χ4n) is 1.21. The molecule has 0 fully saturated rings. The third-order valence-corrected chi connectivity index (χ3v) is 2.67. The molecule has 1 rings (SSSR count). The average molecular weight is 273 g/mol. The number of ether oxygens (including phenoxy) is 1. The average Bonchev–Trinajstić information content (AvgIpc) is 2.30. The zero-order valence-electron chi connectivity index (χ0n) is 9.33. The van der Waals surface area contributed by atoms with Gasteiger partial charge in [0.2, 0.25) is 0 Å². The van der Waals surface area contributed by atoms with Gasteiger partial charge in [0.1, 0.15) is 4.99 Å². The van der Waals surface area contributed by atoms with Crippen LogP contribution in [0.1, 0.15) is 12.0 Å². The van der Waals surface area contributed by atoms with Crippen LogP contribution in [-0.2, 0) is 9.53 Å². The molecule has 0 saturated carbocycles. The fraction of sp³-hybridized carbons (Fsp3) is 0.273. The number of halogens is 1. The summed E-state index contributed by atoms with van der Waals surface area (Å²) >= 11 is 10.9. The number of esters is 1. The lowest BCUT2D eigenvalue weighted by Gasteiger charge is -2.08. The molecule has 0 heterocycles. The summed E-state index contributed by atoms with van der Waals surface area (Å²) in [6.07, 6.45) is 0.282. The molecule has 0 amide bonds. The first-order valence-electron chi connectivity index (χ1n) is 4.94. The van der Waals surface area contributed by atoms with E-state index in [-0.39, 0.29) is 12.4 Å². The molecular formula is C11H13ClN2O2S. The van der Waals surface area contributed by atoms with Crippen LogP contribution in [0.4, 0.5) is 5.69 Å². The summed E-state index contributed by atoms with van der Waals surface area (Å²) in [5.41, 5.74) is 6.93. The van der Waals surface area contributed by atoms with Gasteiger partial charge in [0.25, 0.3) is 0 Å². The zero-order valence-corrected chi connectivity index (χ0v) is 10.9. The van der Waals surface area contributed by atoms with Crippen molar-refractivity contribution >= 4 is 40.5 Å². The number of nitrogens with one attached hydrogen (secondary N) is 1. The van der Waals surface area contributed by atoms with Crippen molar-refractivity contribution in [3.63, 3.8) is 0 Å². The van der Waals surface area contributed by atoms with Gasteiger partial charge in [-0.1, -0.05) is 23.8 Å². The summed E-state index contributed by atoms with van der Waals surface area (Å²) in [6, 6.07) is 5.23. The SMILES string of the molecule is COC(=O)CCNc1ccc(C(N)=S)cc1Cl. The molecule has 0 aliphatic heterocycles. The summed E-state index contributed by atoms with van der Waals surface area (Å²) in [5.74, 6) is -0.270. The van der Waals surface area contributed by atoms with Crippen molar-refractivity contribution in [1.29, 1.82) is 0 Å². The van der Waals surface area contributed by atoms with Crippen LogP contribution in [0, 0.1) is 0 Å². The van der Waals surface area contributed by atoms with Crippen molar-refractivity contribution in [3.05, 3.63) is 28.8 Å². The second kappa shape index (κ2) is 6.42. The molecule has 17 heavy (non-hydrogen) atoms. The molecule has 0 radical (unpaired) electrons. The minimum Gasteiger partial charge on any atom is -0.469 e. The monoisotopic (exact) mass is 272 g/mol. The third kappa shape index (κ3) is 4.20. The van der Waals surface area contributed by atoms with E-state index < -0.39 is 0 Å². The molecule has 0 aliphatic rings. The lowest BCUT2D eigenvalue weighted by molar-refractivity contribution is -0.140. The summed E-state index contributed by atoms with van der Waals surface area (Å²) in [6.45, 7) is 0.457. The van der Waals surface area contributed by atoms with Gasteiger partial charge in [-0.3, -0.25) is 4.79 Å². The highest BCUT2D eigenvalue weighted by Gasteiger charge is 2.04. The highest BCUT2D eigenvalue weighted by Crippen LogP contribution is 2.22. The summed E-state index contributed by atoms with van der Waals surface area (Å²) < 4.78 is 4.52. The van der Waals surface area contributed by atoms with Gasteiger partial charge in [-0.25, -0.2) is 0 Å². The largest absolute Gasteiger partial charge is 0.469 e. The Labute approximate surface area is 110 Å². The summed E-state index contributed by atoms with van der Waals surface area (Å²) in [5, 5.41) is 3.54. The molecule has 3 N–H and O–H groups in total. The molecule has 0 aromatic heterocycles. The highest BCUT2D eigenvalue weighted by molar-refractivity contribution is 7.80. The Kier molecular flexibility index (Phi) is 5.18.